The number of aromatic nitrogens is 4. The van der Waals surface area contributed by atoms with Gasteiger partial charge >= 0.3 is 0 Å². The number of nitrogens with zero attached hydrogens (tertiary/aromatic N) is 4. The van der Waals surface area contributed by atoms with E-state index < -0.39 is 0 Å². The fourth-order valence-corrected chi connectivity index (χ4v) is 3.42. The van der Waals surface area contributed by atoms with Crippen molar-refractivity contribution in [3.63, 3.8) is 0 Å². The minimum Gasteiger partial charge on any atom is -0.254 e. The zero-order chi connectivity index (χ0) is 13.8. The van der Waals surface area contributed by atoms with Crippen LogP contribution in [-0.2, 0) is 0 Å². The first kappa shape index (κ1) is 11.0. The van der Waals surface area contributed by atoms with E-state index in [0.717, 1.165) is 43.9 Å². The molecule has 0 aliphatic carbocycles. The van der Waals surface area contributed by atoms with E-state index in [1.165, 1.54) is 0 Å². The van der Waals surface area contributed by atoms with Crippen LogP contribution in [0.15, 0.2) is 47.4 Å². The van der Waals surface area contributed by atoms with Crippen LogP contribution in [-0.4, -0.2) is 19.9 Å². The molecule has 0 aliphatic rings. The molecule has 5 rings (SSSR count). The van der Waals surface area contributed by atoms with Crippen LogP contribution in [0.5, 0.6) is 0 Å². The van der Waals surface area contributed by atoms with Crippen LogP contribution < -0.4 is 0 Å². The van der Waals surface area contributed by atoms with E-state index in [2.05, 4.69) is 9.97 Å². The maximum atomic E-state index is 4.80. The molecule has 0 unspecified atom stereocenters. The first-order valence-corrected chi connectivity index (χ1v) is 7.51. The van der Waals surface area contributed by atoms with E-state index >= 15 is 0 Å². The summed E-state index contributed by atoms with van der Waals surface area (Å²) in [5.41, 5.74) is 5.41. The first-order chi connectivity index (χ1) is 10.4. The third-order valence-electron chi connectivity index (χ3n) is 3.66. The maximum Gasteiger partial charge on any atom is 0.100 e. The van der Waals surface area contributed by atoms with E-state index in [-0.39, 0.29) is 0 Å². The maximum absolute atomic E-state index is 4.80. The summed E-state index contributed by atoms with van der Waals surface area (Å²) in [5, 5.41) is 6.05. The van der Waals surface area contributed by atoms with Gasteiger partial charge in [0, 0.05) is 33.9 Å². The summed E-state index contributed by atoms with van der Waals surface area (Å²) in [4.78, 5) is 18.6. The van der Waals surface area contributed by atoms with E-state index in [1.54, 1.807) is 23.7 Å². The molecule has 0 atom stereocenters. The molecule has 0 bridgehead atoms. The highest BCUT2D eigenvalue weighted by Gasteiger charge is 2.13. The van der Waals surface area contributed by atoms with Crippen molar-refractivity contribution in [3.05, 3.63) is 47.4 Å². The van der Waals surface area contributed by atoms with Gasteiger partial charge in [0.1, 0.15) is 11.0 Å². The molecule has 0 radical (unpaired) electrons. The van der Waals surface area contributed by atoms with Gasteiger partial charge < -0.3 is 0 Å². The van der Waals surface area contributed by atoms with Crippen LogP contribution in [0.1, 0.15) is 0 Å². The Labute approximate surface area is 123 Å². The Balaban J connectivity index is 2.21. The number of thiophene rings is 1. The molecular weight excluding hydrogens is 280 g/mol. The molecule has 5 aromatic rings. The highest BCUT2D eigenvalue weighted by Crippen LogP contribution is 2.32. The molecule has 0 saturated carbocycles. The van der Waals surface area contributed by atoms with Crippen molar-refractivity contribution in [1.29, 1.82) is 0 Å². The van der Waals surface area contributed by atoms with E-state index in [9.17, 15) is 0 Å². The zero-order valence-corrected chi connectivity index (χ0v) is 11.6. The van der Waals surface area contributed by atoms with Crippen LogP contribution in [0.4, 0.5) is 0 Å². The van der Waals surface area contributed by atoms with Gasteiger partial charge in [-0.15, -0.1) is 11.3 Å². The predicted octanol–water partition coefficient (Wildman–Crippen LogP) is 3.94. The number of pyridine rings is 2. The fraction of sp³-hybridized carbons (Fsp3) is 0. The molecule has 0 N–H and O–H groups in total. The molecule has 4 aromatic heterocycles. The van der Waals surface area contributed by atoms with Crippen LogP contribution in [0.2, 0.25) is 0 Å². The average molecular weight is 288 g/mol. The Morgan fingerprint density at radius 2 is 1.19 bits per heavy atom. The molecule has 0 saturated heterocycles. The minimum atomic E-state index is 0.879. The Bertz CT molecular complexity index is 1060. The summed E-state index contributed by atoms with van der Waals surface area (Å²) in [5.74, 6) is 0. The lowest BCUT2D eigenvalue weighted by Crippen LogP contribution is -1.92. The molecule has 0 amide bonds. The second kappa shape index (κ2) is 3.93. The van der Waals surface area contributed by atoms with Crippen molar-refractivity contribution in [1.82, 2.24) is 19.9 Å². The first-order valence-electron chi connectivity index (χ1n) is 6.57. The van der Waals surface area contributed by atoms with Gasteiger partial charge in [-0.2, -0.15) is 0 Å². The lowest BCUT2D eigenvalue weighted by Gasteiger charge is -2.07. The van der Waals surface area contributed by atoms with Gasteiger partial charge in [-0.1, -0.05) is 0 Å². The molecule has 5 heteroatoms. The molecule has 0 spiro atoms. The Hall–Kier alpha value is -2.66. The third kappa shape index (κ3) is 1.43. The van der Waals surface area contributed by atoms with Crippen molar-refractivity contribution in [2.24, 2.45) is 0 Å². The highest BCUT2D eigenvalue weighted by molar-refractivity contribution is 7.09. The molecule has 21 heavy (non-hydrogen) atoms. The molecule has 1 aromatic carbocycles. The summed E-state index contributed by atoms with van der Waals surface area (Å²) in [7, 11) is 0. The summed E-state index contributed by atoms with van der Waals surface area (Å²) in [6.45, 7) is 0. The lowest BCUT2D eigenvalue weighted by molar-refractivity contribution is 1.36. The van der Waals surface area contributed by atoms with Crippen molar-refractivity contribution >= 4 is 55.2 Å². The topological polar surface area (TPSA) is 51.6 Å². The second-order valence-corrected chi connectivity index (χ2v) is 5.61. The van der Waals surface area contributed by atoms with Gasteiger partial charge in [0.15, 0.2) is 0 Å². The van der Waals surface area contributed by atoms with Crippen LogP contribution >= 0.6 is 11.3 Å². The number of benzene rings is 1. The van der Waals surface area contributed by atoms with Crippen molar-refractivity contribution in [3.8, 4) is 0 Å². The van der Waals surface area contributed by atoms with Crippen LogP contribution in [0.3, 0.4) is 0 Å². The summed E-state index contributed by atoms with van der Waals surface area (Å²) >= 11 is 1.62. The number of hydrogen-bond acceptors (Lipinski definition) is 5. The quantitative estimate of drug-likeness (QED) is 0.405. The predicted molar refractivity (Wildman–Crippen MR) is 85.5 cm³/mol. The van der Waals surface area contributed by atoms with Crippen molar-refractivity contribution in [2.75, 3.05) is 0 Å². The molecule has 98 valence electrons. The van der Waals surface area contributed by atoms with Gasteiger partial charge in [0.05, 0.1) is 22.1 Å². The van der Waals surface area contributed by atoms with Gasteiger partial charge in [-0.05, 0) is 24.3 Å². The Morgan fingerprint density at radius 1 is 0.667 bits per heavy atom. The summed E-state index contributed by atoms with van der Waals surface area (Å²) < 4.78 is 0. The highest BCUT2D eigenvalue weighted by atomic mass is 32.1. The number of rotatable bonds is 0. The standard InChI is InChI=1S/C16H8N4S/c1-3-9-13(17-5-1)14-10(4-2-6-18-14)16-15(9)19-11-7-21-8-12(11)20-16/h1-8H. The second-order valence-electron chi connectivity index (χ2n) is 4.86. The fourth-order valence-electron chi connectivity index (χ4n) is 2.74. The third-order valence-corrected chi connectivity index (χ3v) is 4.38. The SMILES string of the molecule is c1cnc2c(c1)c1nc3cscc3nc1c1cccnc12. The lowest BCUT2D eigenvalue weighted by atomic mass is 10.1. The molecular formula is C16H8N4S. The van der Waals surface area contributed by atoms with Gasteiger partial charge in [-0.25, -0.2) is 9.97 Å². The van der Waals surface area contributed by atoms with E-state index in [4.69, 9.17) is 9.97 Å². The largest absolute Gasteiger partial charge is 0.254 e. The number of fused-ring (bicyclic) bond motifs is 7. The van der Waals surface area contributed by atoms with Gasteiger partial charge in [0.2, 0.25) is 0 Å². The minimum absolute atomic E-state index is 0.879. The molecule has 4 heterocycles. The summed E-state index contributed by atoms with van der Waals surface area (Å²) in [6.07, 6.45) is 3.58. The summed E-state index contributed by atoms with van der Waals surface area (Å²) in [6, 6.07) is 7.92. The van der Waals surface area contributed by atoms with Crippen LogP contribution in [0, 0.1) is 0 Å². The van der Waals surface area contributed by atoms with E-state index in [0.29, 0.717) is 0 Å². The van der Waals surface area contributed by atoms with Crippen LogP contribution in [0.25, 0.3) is 43.9 Å². The van der Waals surface area contributed by atoms with Crippen molar-refractivity contribution in [2.45, 2.75) is 0 Å². The molecule has 0 aliphatic heterocycles. The molecule has 4 nitrogen and oxygen atoms in total. The smallest absolute Gasteiger partial charge is 0.100 e. The van der Waals surface area contributed by atoms with E-state index in [1.807, 2.05) is 35.0 Å². The Kier molecular flexibility index (Phi) is 2.07. The average Bonchev–Trinajstić information content (AvgIpc) is 3.01. The normalized spacial score (nSPS) is 11.8. The van der Waals surface area contributed by atoms with Crippen molar-refractivity contribution < 1.29 is 0 Å². The monoisotopic (exact) mass is 288 g/mol. The molecule has 0 fully saturated rings. The van der Waals surface area contributed by atoms with Gasteiger partial charge in [-0.3, -0.25) is 9.97 Å². The van der Waals surface area contributed by atoms with Gasteiger partial charge in [0.25, 0.3) is 0 Å². The number of hydrogen-bond donors (Lipinski definition) is 0. The Morgan fingerprint density at radius 3 is 1.71 bits per heavy atom. The zero-order valence-electron chi connectivity index (χ0n) is 10.8.